The first kappa shape index (κ1) is 16.5. The molecule has 122 valence electrons. The van der Waals surface area contributed by atoms with Crippen molar-refractivity contribution in [3.8, 4) is 0 Å². The second kappa shape index (κ2) is 6.91. The third kappa shape index (κ3) is 3.14. The highest BCUT2D eigenvalue weighted by atomic mass is 16.2. The number of hydrogen-bond acceptors (Lipinski definition) is 4. The van der Waals surface area contributed by atoms with E-state index in [1.165, 1.54) is 0 Å². The van der Waals surface area contributed by atoms with Crippen LogP contribution in [0.3, 0.4) is 0 Å². The molecule has 0 spiro atoms. The zero-order chi connectivity index (χ0) is 16.3. The Labute approximate surface area is 131 Å². The van der Waals surface area contributed by atoms with Gasteiger partial charge in [-0.3, -0.25) is 14.3 Å². The van der Waals surface area contributed by atoms with Crippen LogP contribution in [0.1, 0.15) is 37.7 Å². The second-order valence-electron chi connectivity index (χ2n) is 5.54. The van der Waals surface area contributed by atoms with E-state index in [2.05, 4.69) is 5.10 Å². The average molecular weight is 307 g/mol. The smallest absolute Gasteiger partial charge is 0.275 e. The predicted octanol–water partition coefficient (Wildman–Crippen LogP) is 0.313. The molecular weight excluding hydrogens is 282 g/mol. The predicted molar refractivity (Wildman–Crippen MR) is 83.2 cm³/mol. The number of nitrogens with zero attached hydrogens (tertiary/aromatic N) is 4. The van der Waals surface area contributed by atoms with Crippen molar-refractivity contribution >= 4 is 11.8 Å². The van der Waals surface area contributed by atoms with Gasteiger partial charge in [0.1, 0.15) is 11.7 Å². The first-order valence-electron chi connectivity index (χ1n) is 7.90. The Kier molecular flexibility index (Phi) is 5.18. The van der Waals surface area contributed by atoms with Gasteiger partial charge in [0.2, 0.25) is 5.91 Å². The highest BCUT2D eigenvalue weighted by Crippen LogP contribution is 2.21. The molecule has 1 fully saturated rings. The fraction of sp³-hybridized carbons (Fsp3) is 0.667. The number of likely N-dealkylation sites (tertiary alicyclic amines) is 1. The van der Waals surface area contributed by atoms with E-state index < -0.39 is 6.04 Å². The molecule has 7 heteroatoms. The van der Waals surface area contributed by atoms with Crippen LogP contribution in [0, 0.1) is 0 Å². The van der Waals surface area contributed by atoms with Gasteiger partial charge in [0.15, 0.2) is 0 Å². The molecule has 1 saturated heterocycles. The van der Waals surface area contributed by atoms with Crippen molar-refractivity contribution in [2.45, 2.75) is 45.8 Å². The molecule has 0 bridgehead atoms. The van der Waals surface area contributed by atoms with E-state index >= 15 is 0 Å². The third-order valence-corrected chi connectivity index (χ3v) is 4.14. The van der Waals surface area contributed by atoms with Crippen molar-refractivity contribution in [1.82, 2.24) is 19.6 Å². The topological polar surface area (TPSA) is 84.5 Å². The highest BCUT2D eigenvalue weighted by molar-refractivity contribution is 5.96. The second-order valence-corrected chi connectivity index (χ2v) is 5.54. The number of carbonyl (C=O) groups is 2. The van der Waals surface area contributed by atoms with E-state index in [1.54, 1.807) is 26.7 Å². The maximum Gasteiger partial charge on any atom is 0.275 e. The van der Waals surface area contributed by atoms with Crippen LogP contribution in [0.4, 0.5) is 0 Å². The van der Waals surface area contributed by atoms with Crippen molar-refractivity contribution in [2.24, 2.45) is 5.73 Å². The van der Waals surface area contributed by atoms with E-state index in [4.69, 9.17) is 5.73 Å². The fourth-order valence-corrected chi connectivity index (χ4v) is 2.87. The van der Waals surface area contributed by atoms with Gasteiger partial charge >= 0.3 is 0 Å². The molecule has 22 heavy (non-hydrogen) atoms. The SMILES string of the molecule is CCN(CC)C(=O)[C@@H]1C[C@@H](N)CN1C(=O)c1ccn(CC)n1. The summed E-state index contributed by atoms with van der Waals surface area (Å²) in [7, 11) is 0. The van der Waals surface area contributed by atoms with Gasteiger partial charge in [-0.15, -0.1) is 0 Å². The maximum absolute atomic E-state index is 12.7. The summed E-state index contributed by atoms with van der Waals surface area (Å²) in [5.41, 5.74) is 6.36. The number of hydrogen-bond donors (Lipinski definition) is 1. The van der Waals surface area contributed by atoms with Gasteiger partial charge in [0, 0.05) is 38.4 Å². The molecular formula is C15H25N5O2. The number of aryl methyl sites for hydroxylation is 1. The monoisotopic (exact) mass is 307 g/mol. The molecule has 1 aromatic rings. The van der Waals surface area contributed by atoms with Crippen LogP contribution in [0.2, 0.25) is 0 Å². The molecule has 1 aliphatic rings. The quantitative estimate of drug-likeness (QED) is 0.848. The molecule has 0 radical (unpaired) electrons. The van der Waals surface area contributed by atoms with Gasteiger partial charge in [-0.1, -0.05) is 0 Å². The largest absolute Gasteiger partial charge is 0.341 e. The van der Waals surface area contributed by atoms with Crippen LogP contribution in [-0.4, -0.2) is 63.1 Å². The van der Waals surface area contributed by atoms with Crippen molar-refractivity contribution in [1.29, 1.82) is 0 Å². The molecule has 2 amide bonds. The Balaban J connectivity index is 2.19. The standard InChI is InChI=1S/C15H25N5O2/c1-4-18(5-2)15(22)13-9-11(16)10-20(13)14(21)12-7-8-19(6-3)17-12/h7-8,11,13H,4-6,9-10,16H2,1-3H3/t11-,13+/m1/s1. The minimum Gasteiger partial charge on any atom is -0.341 e. The summed E-state index contributed by atoms with van der Waals surface area (Å²) in [5.74, 6) is -0.244. The van der Waals surface area contributed by atoms with Crippen molar-refractivity contribution in [3.63, 3.8) is 0 Å². The molecule has 2 atom stereocenters. The molecule has 0 aliphatic carbocycles. The van der Waals surface area contributed by atoms with Crippen LogP contribution in [-0.2, 0) is 11.3 Å². The average Bonchev–Trinajstić information content (AvgIpc) is 3.14. The number of aromatic nitrogens is 2. The number of rotatable bonds is 5. The van der Waals surface area contributed by atoms with Crippen molar-refractivity contribution in [2.75, 3.05) is 19.6 Å². The molecule has 7 nitrogen and oxygen atoms in total. The molecule has 0 unspecified atom stereocenters. The van der Waals surface area contributed by atoms with Gasteiger partial charge in [0.25, 0.3) is 5.91 Å². The van der Waals surface area contributed by atoms with E-state index in [0.717, 1.165) is 0 Å². The Morgan fingerprint density at radius 3 is 2.59 bits per heavy atom. The minimum absolute atomic E-state index is 0.0266. The number of amides is 2. The van der Waals surface area contributed by atoms with Crippen molar-refractivity contribution < 1.29 is 9.59 Å². The summed E-state index contributed by atoms with van der Waals surface area (Å²) in [6.45, 7) is 8.20. The molecule has 2 N–H and O–H groups in total. The molecule has 1 aliphatic heterocycles. The van der Waals surface area contributed by atoms with Crippen LogP contribution in [0.15, 0.2) is 12.3 Å². The van der Waals surface area contributed by atoms with Gasteiger partial charge in [0.05, 0.1) is 0 Å². The number of carbonyl (C=O) groups excluding carboxylic acids is 2. The number of nitrogens with two attached hydrogens (primary N) is 1. The summed E-state index contributed by atoms with van der Waals surface area (Å²) in [5, 5.41) is 4.24. The lowest BCUT2D eigenvalue weighted by Crippen LogP contribution is -2.47. The Morgan fingerprint density at radius 2 is 2.05 bits per heavy atom. The van der Waals surface area contributed by atoms with E-state index in [-0.39, 0.29) is 17.9 Å². The zero-order valence-electron chi connectivity index (χ0n) is 13.5. The lowest BCUT2D eigenvalue weighted by molar-refractivity contribution is -0.134. The van der Waals surface area contributed by atoms with E-state index in [0.29, 0.717) is 38.3 Å². The van der Waals surface area contributed by atoms with Gasteiger partial charge in [-0.05, 0) is 33.3 Å². The zero-order valence-corrected chi connectivity index (χ0v) is 13.5. The van der Waals surface area contributed by atoms with Crippen LogP contribution in [0.5, 0.6) is 0 Å². The van der Waals surface area contributed by atoms with Crippen LogP contribution in [0.25, 0.3) is 0 Å². The van der Waals surface area contributed by atoms with Crippen LogP contribution >= 0.6 is 0 Å². The summed E-state index contributed by atoms with van der Waals surface area (Å²) in [4.78, 5) is 28.6. The lowest BCUT2D eigenvalue weighted by atomic mass is 10.1. The summed E-state index contributed by atoms with van der Waals surface area (Å²) in [6, 6.07) is 1.05. The summed E-state index contributed by atoms with van der Waals surface area (Å²) < 4.78 is 1.70. The molecule has 2 heterocycles. The fourth-order valence-electron chi connectivity index (χ4n) is 2.87. The Hall–Kier alpha value is -1.89. The van der Waals surface area contributed by atoms with Gasteiger partial charge in [-0.25, -0.2) is 0 Å². The summed E-state index contributed by atoms with van der Waals surface area (Å²) in [6.07, 6.45) is 2.28. The molecule has 2 rings (SSSR count). The van der Waals surface area contributed by atoms with Gasteiger partial charge in [-0.2, -0.15) is 5.10 Å². The minimum atomic E-state index is -0.478. The maximum atomic E-state index is 12.7. The first-order chi connectivity index (χ1) is 10.5. The first-order valence-corrected chi connectivity index (χ1v) is 7.90. The molecule has 0 saturated carbocycles. The molecule has 0 aromatic carbocycles. The van der Waals surface area contributed by atoms with E-state index in [9.17, 15) is 9.59 Å². The lowest BCUT2D eigenvalue weighted by Gasteiger charge is -2.28. The van der Waals surface area contributed by atoms with Gasteiger partial charge < -0.3 is 15.5 Å². The Bertz CT molecular complexity index is 538. The van der Waals surface area contributed by atoms with Crippen LogP contribution < -0.4 is 5.73 Å². The van der Waals surface area contributed by atoms with E-state index in [1.807, 2.05) is 20.8 Å². The molecule has 1 aromatic heterocycles. The highest BCUT2D eigenvalue weighted by Gasteiger charge is 2.40. The van der Waals surface area contributed by atoms with Crippen molar-refractivity contribution in [3.05, 3.63) is 18.0 Å². The Morgan fingerprint density at radius 1 is 1.36 bits per heavy atom. The normalized spacial score (nSPS) is 21.2. The summed E-state index contributed by atoms with van der Waals surface area (Å²) >= 11 is 0. The number of likely N-dealkylation sites (N-methyl/N-ethyl adjacent to an activating group) is 1. The third-order valence-electron chi connectivity index (χ3n) is 4.14.